The van der Waals surface area contributed by atoms with Crippen molar-refractivity contribution < 1.29 is 0 Å². The Bertz CT molecular complexity index is 155. The molecule has 14 heavy (non-hydrogen) atoms. The molecule has 82 valence electrons. The number of allylic oxidation sites excluding steroid dienone is 2. The zero-order chi connectivity index (χ0) is 10.8. The second-order valence-corrected chi connectivity index (χ2v) is 4.36. The summed E-state index contributed by atoms with van der Waals surface area (Å²) in [5.74, 6) is 0.851. The van der Waals surface area contributed by atoms with E-state index < -0.39 is 0 Å². The standard InChI is InChI=1S/C14H26/c1-5-7-8-9-10-14(4)12-11-13(3)6-2/h6,14H,2-3,5,7-12H2,1,4H3. The maximum Gasteiger partial charge on any atom is -0.0282 e. The average Bonchev–Trinajstić information content (AvgIpc) is 2.21. The lowest BCUT2D eigenvalue weighted by molar-refractivity contribution is 0.461. The van der Waals surface area contributed by atoms with Crippen molar-refractivity contribution in [2.24, 2.45) is 5.92 Å². The molecule has 0 saturated heterocycles. The molecule has 0 radical (unpaired) electrons. The maximum atomic E-state index is 3.94. The van der Waals surface area contributed by atoms with E-state index in [0.29, 0.717) is 0 Å². The van der Waals surface area contributed by atoms with Crippen molar-refractivity contribution in [1.82, 2.24) is 0 Å². The molecule has 0 aliphatic rings. The van der Waals surface area contributed by atoms with Gasteiger partial charge in [-0.15, -0.1) is 0 Å². The van der Waals surface area contributed by atoms with Crippen LogP contribution in [0.5, 0.6) is 0 Å². The van der Waals surface area contributed by atoms with Gasteiger partial charge in [0.25, 0.3) is 0 Å². The summed E-state index contributed by atoms with van der Waals surface area (Å²) >= 11 is 0. The molecule has 0 spiro atoms. The zero-order valence-electron chi connectivity index (χ0n) is 10.0. The fourth-order valence-electron chi connectivity index (χ4n) is 1.60. The molecule has 1 unspecified atom stereocenters. The van der Waals surface area contributed by atoms with Gasteiger partial charge >= 0.3 is 0 Å². The van der Waals surface area contributed by atoms with Gasteiger partial charge in [-0.05, 0) is 18.8 Å². The molecule has 0 aromatic carbocycles. The van der Waals surface area contributed by atoms with Crippen molar-refractivity contribution in [3.05, 3.63) is 24.8 Å². The number of hydrogen-bond acceptors (Lipinski definition) is 0. The highest BCUT2D eigenvalue weighted by Gasteiger charge is 2.01. The van der Waals surface area contributed by atoms with Crippen molar-refractivity contribution in [3.8, 4) is 0 Å². The molecule has 0 aliphatic heterocycles. The van der Waals surface area contributed by atoms with Crippen LogP contribution in [-0.2, 0) is 0 Å². The molecule has 0 nitrogen and oxygen atoms in total. The topological polar surface area (TPSA) is 0 Å². The summed E-state index contributed by atoms with van der Waals surface area (Å²) in [6, 6.07) is 0. The summed E-state index contributed by atoms with van der Waals surface area (Å²) in [5, 5.41) is 0. The quantitative estimate of drug-likeness (QED) is 0.353. The Kier molecular flexibility index (Phi) is 8.72. The number of unbranched alkanes of at least 4 members (excludes halogenated alkanes) is 3. The van der Waals surface area contributed by atoms with E-state index in [9.17, 15) is 0 Å². The predicted octanol–water partition coefficient (Wildman–Crippen LogP) is 5.12. The van der Waals surface area contributed by atoms with Gasteiger partial charge in [-0.1, -0.05) is 70.8 Å². The Labute approximate surface area is 90.1 Å². The lowest BCUT2D eigenvalue weighted by Crippen LogP contribution is -1.95. The molecule has 1 atom stereocenters. The van der Waals surface area contributed by atoms with Crippen LogP contribution in [-0.4, -0.2) is 0 Å². The van der Waals surface area contributed by atoms with Gasteiger partial charge < -0.3 is 0 Å². The fraction of sp³-hybridized carbons (Fsp3) is 0.714. The first kappa shape index (κ1) is 13.5. The molecular formula is C14H26. The molecule has 0 bridgehead atoms. The van der Waals surface area contributed by atoms with Crippen molar-refractivity contribution in [2.75, 3.05) is 0 Å². The van der Waals surface area contributed by atoms with E-state index >= 15 is 0 Å². The van der Waals surface area contributed by atoms with E-state index in [2.05, 4.69) is 27.0 Å². The normalized spacial score (nSPS) is 12.4. The van der Waals surface area contributed by atoms with Crippen LogP contribution in [0.2, 0.25) is 0 Å². The first-order valence-corrected chi connectivity index (χ1v) is 6.00. The number of rotatable bonds is 9. The Hall–Kier alpha value is -0.520. The second-order valence-electron chi connectivity index (χ2n) is 4.36. The molecule has 0 heteroatoms. The van der Waals surface area contributed by atoms with Crippen molar-refractivity contribution in [3.63, 3.8) is 0 Å². The Morgan fingerprint density at radius 3 is 2.50 bits per heavy atom. The van der Waals surface area contributed by atoms with Crippen LogP contribution in [0.25, 0.3) is 0 Å². The van der Waals surface area contributed by atoms with Crippen LogP contribution in [0, 0.1) is 5.92 Å². The molecule has 0 aromatic heterocycles. The van der Waals surface area contributed by atoms with Gasteiger partial charge in [-0.2, -0.15) is 0 Å². The third kappa shape index (κ3) is 8.10. The molecule has 0 saturated carbocycles. The van der Waals surface area contributed by atoms with Crippen LogP contribution in [0.3, 0.4) is 0 Å². The number of hydrogen-bond donors (Lipinski definition) is 0. The third-order valence-electron chi connectivity index (χ3n) is 2.80. The highest BCUT2D eigenvalue weighted by Crippen LogP contribution is 2.17. The minimum Gasteiger partial charge on any atom is -0.0988 e. The van der Waals surface area contributed by atoms with Crippen molar-refractivity contribution in [1.29, 1.82) is 0 Å². The highest BCUT2D eigenvalue weighted by atomic mass is 14.1. The monoisotopic (exact) mass is 194 g/mol. The first-order valence-electron chi connectivity index (χ1n) is 6.00. The van der Waals surface area contributed by atoms with Gasteiger partial charge in [0, 0.05) is 0 Å². The lowest BCUT2D eigenvalue weighted by Gasteiger charge is -2.10. The summed E-state index contributed by atoms with van der Waals surface area (Å²) in [7, 11) is 0. The van der Waals surface area contributed by atoms with Crippen molar-refractivity contribution in [2.45, 2.75) is 58.8 Å². The van der Waals surface area contributed by atoms with Gasteiger partial charge in [-0.25, -0.2) is 0 Å². The molecule has 0 fully saturated rings. The van der Waals surface area contributed by atoms with E-state index in [-0.39, 0.29) is 0 Å². The van der Waals surface area contributed by atoms with Crippen LogP contribution in [0.4, 0.5) is 0 Å². The minimum atomic E-state index is 0.851. The smallest absolute Gasteiger partial charge is 0.0282 e. The zero-order valence-corrected chi connectivity index (χ0v) is 10.0. The highest BCUT2D eigenvalue weighted by molar-refractivity contribution is 5.10. The summed E-state index contributed by atoms with van der Waals surface area (Å²) in [6.07, 6.45) is 11.2. The largest absolute Gasteiger partial charge is 0.0988 e. The van der Waals surface area contributed by atoms with Crippen LogP contribution in [0.15, 0.2) is 24.8 Å². The lowest BCUT2D eigenvalue weighted by atomic mass is 9.96. The summed E-state index contributed by atoms with van der Waals surface area (Å²) in [5.41, 5.74) is 1.19. The van der Waals surface area contributed by atoms with E-state index in [1.807, 2.05) is 6.08 Å². The van der Waals surface area contributed by atoms with Gasteiger partial charge in [-0.3, -0.25) is 0 Å². The molecule has 0 aromatic rings. The van der Waals surface area contributed by atoms with Gasteiger partial charge in [0.15, 0.2) is 0 Å². The predicted molar refractivity (Wildman–Crippen MR) is 66.5 cm³/mol. The molecule has 0 amide bonds. The first-order chi connectivity index (χ1) is 6.70. The molecular weight excluding hydrogens is 168 g/mol. The fourth-order valence-corrected chi connectivity index (χ4v) is 1.60. The molecule has 0 heterocycles. The Morgan fingerprint density at radius 2 is 1.93 bits per heavy atom. The summed E-state index contributed by atoms with van der Waals surface area (Å²) in [4.78, 5) is 0. The Morgan fingerprint density at radius 1 is 1.21 bits per heavy atom. The summed E-state index contributed by atoms with van der Waals surface area (Å²) < 4.78 is 0. The van der Waals surface area contributed by atoms with Gasteiger partial charge in [0.05, 0.1) is 0 Å². The Balaban J connectivity index is 3.31. The maximum absolute atomic E-state index is 3.94. The summed E-state index contributed by atoms with van der Waals surface area (Å²) in [6.45, 7) is 12.3. The third-order valence-corrected chi connectivity index (χ3v) is 2.80. The molecule has 0 aliphatic carbocycles. The minimum absolute atomic E-state index is 0.851. The second kappa shape index (κ2) is 9.05. The van der Waals surface area contributed by atoms with Crippen molar-refractivity contribution >= 4 is 0 Å². The SMILES string of the molecule is C=CC(=C)CCC(C)CCCCCC. The van der Waals surface area contributed by atoms with Gasteiger partial charge in [0.2, 0.25) is 0 Å². The van der Waals surface area contributed by atoms with E-state index in [1.165, 1.54) is 44.1 Å². The van der Waals surface area contributed by atoms with Crippen LogP contribution < -0.4 is 0 Å². The molecule has 0 N–H and O–H groups in total. The van der Waals surface area contributed by atoms with E-state index in [4.69, 9.17) is 0 Å². The molecule has 0 rings (SSSR count). The van der Waals surface area contributed by atoms with E-state index in [1.54, 1.807) is 0 Å². The average molecular weight is 194 g/mol. The van der Waals surface area contributed by atoms with Gasteiger partial charge in [0.1, 0.15) is 0 Å². The van der Waals surface area contributed by atoms with E-state index in [0.717, 1.165) is 12.3 Å². The van der Waals surface area contributed by atoms with Crippen LogP contribution >= 0.6 is 0 Å². The van der Waals surface area contributed by atoms with Crippen LogP contribution in [0.1, 0.15) is 58.8 Å².